The highest BCUT2D eigenvalue weighted by Crippen LogP contribution is 2.41. The Morgan fingerprint density at radius 2 is 2.20 bits per heavy atom. The van der Waals surface area contributed by atoms with Crippen LogP contribution < -0.4 is 10.2 Å². The Morgan fingerprint density at radius 1 is 1.48 bits per heavy atom. The summed E-state index contributed by atoms with van der Waals surface area (Å²) in [6.45, 7) is 10.2. The molecular weight excluding hydrogens is 326 g/mol. The molecule has 0 spiro atoms. The van der Waals surface area contributed by atoms with Gasteiger partial charge in [-0.1, -0.05) is 13.8 Å². The van der Waals surface area contributed by atoms with Gasteiger partial charge < -0.3 is 10.2 Å². The molecule has 2 aliphatic rings. The maximum Gasteiger partial charge on any atom is 0.272 e. The number of nitrogens with one attached hydrogen (secondary N) is 1. The Bertz CT molecular complexity index is 672. The van der Waals surface area contributed by atoms with Gasteiger partial charge in [0.05, 0.1) is 17.9 Å². The van der Waals surface area contributed by atoms with Crippen molar-refractivity contribution in [3.8, 4) is 0 Å². The molecule has 1 saturated heterocycles. The first-order valence-electron chi connectivity index (χ1n) is 8.73. The smallest absolute Gasteiger partial charge is 0.272 e. The Hall–Kier alpha value is -1.60. The molecule has 1 atom stereocenters. The molecule has 138 valence electrons. The fourth-order valence-corrected chi connectivity index (χ4v) is 3.63. The highest BCUT2D eigenvalue weighted by molar-refractivity contribution is 5.97. The summed E-state index contributed by atoms with van der Waals surface area (Å²) in [7, 11) is 0. The van der Waals surface area contributed by atoms with Crippen LogP contribution in [-0.4, -0.2) is 54.6 Å². The Labute approximate surface area is 147 Å². The molecule has 1 aromatic rings. The van der Waals surface area contributed by atoms with Crippen LogP contribution in [-0.2, 0) is 16.1 Å². The predicted octanol–water partition coefficient (Wildman–Crippen LogP) is 2.11. The van der Waals surface area contributed by atoms with Gasteiger partial charge >= 0.3 is 0 Å². The van der Waals surface area contributed by atoms with E-state index in [9.17, 15) is 13.6 Å². The topological polar surface area (TPSA) is 48.5 Å². The second kappa shape index (κ2) is 6.29. The molecule has 25 heavy (non-hydrogen) atoms. The van der Waals surface area contributed by atoms with Crippen LogP contribution in [0.5, 0.6) is 0 Å². The van der Waals surface area contributed by atoms with Crippen molar-refractivity contribution in [3.05, 3.63) is 23.5 Å². The van der Waals surface area contributed by atoms with Gasteiger partial charge in [-0.2, -0.15) is 0 Å². The van der Waals surface area contributed by atoms with Crippen molar-refractivity contribution in [3.63, 3.8) is 0 Å². The number of rotatable bonds is 3. The Balaban J connectivity index is 1.85. The monoisotopic (exact) mass is 352 g/mol. The van der Waals surface area contributed by atoms with Gasteiger partial charge in [-0.15, -0.1) is 0 Å². The molecule has 1 N–H and O–H groups in total. The molecule has 0 radical (unpaired) electrons. The number of hydrogen-bond donors (Lipinski definition) is 1. The average molecular weight is 352 g/mol. The van der Waals surface area contributed by atoms with E-state index in [0.717, 1.165) is 26.6 Å². The van der Waals surface area contributed by atoms with Gasteiger partial charge in [0, 0.05) is 56.3 Å². The maximum absolute atomic E-state index is 13.7. The molecule has 0 saturated carbocycles. The summed E-state index contributed by atoms with van der Waals surface area (Å²) in [6, 6.07) is 1.77. The number of aromatic nitrogens is 1. The van der Waals surface area contributed by atoms with Crippen LogP contribution in [0.1, 0.15) is 39.0 Å². The normalized spacial score (nSPS) is 23.6. The second-order valence-corrected chi connectivity index (χ2v) is 7.93. The van der Waals surface area contributed by atoms with Gasteiger partial charge in [-0.25, -0.2) is 8.78 Å². The summed E-state index contributed by atoms with van der Waals surface area (Å²) in [5, 5.41) is 3.35. The summed E-state index contributed by atoms with van der Waals surface area (Å²) in [5.41, 5.74) is 0.737. The quantitative estimate of drug-likeness (QED) is 0.905. The summed E-state index contributed by atoms with van der Waals surface area (Å²) in [5.74, 6) is -3.03. The van der Waals surface area contributed by atoms with E-state index in [2.05, 4.69) is 22.1 Å². The van der Waals surface area contributed by atoms with E-state index in [4.69, 9.17) is 0 Å². The molecule has 7 heteroatoms. The summed E-state index contributed by atoms with van der Waals surface area (Å²) in [6.07, 6.45) is 1.23. The van der Waals surface area contributed by atoms with Crippen LogP contribution in [0.4, 0.5) is 14.5 Å². The van der Waals surface area contributed by atoms with E-state index in [1.807, 2.05) is 13.8 Å². The number of piperazine rings is 1. The molecular formula is C18H26F2N4O. The molecule has 0 unspecified atom stereocenters. The lowest BCUT2D eigenvalue weighted by Crippen LogP contribution is -2.52. The first-order chi connectivity index (χ1) is 11.6. The van der Waals surface area contributed by atoms with Crippen LogP contribution in [0.3, 0.4) is 0 Å². The number of halogens is 2. The number of hydrogen-bond acceptors (Lipinski definition) is 4. The number of fused-ring (bicyclic) bond motifs is 1. The molecule has 0 bridgehead atoms. The van der Waals surface area contributed by atoms with Gasteiger partial charge in [-0.3, -0.25) is 14.7 Å². The Kier molecular flexibility index (Phi) is 4.58. The molecule has 0 aliphatic carbocycles. The van der Waals surface area contributed by atoms with Crippen molar-refractivity contribution in [1.82, 2.24) is 15.2 Å². The van der Waals surface area contributed by atoms with Gasteiger partial charge in [0.25, 0.3) is 5.92 Å². The van der Waals surface area contributed by atoms with Crippen LogP contribution in [0.15, 0.2) is 12.3 Å². The van der Waals surface area contributed by atoms with Crippen molar-refractivity contribution < 1.29 is 13.6 Å². The van der Waals surface area contributed by atoms with Gasteiger partial charge in [-0.05, 0) is 13.0 Å². The van der Waals surface area contributed by atoms with E-state index < -0.39 is 5.92 Å². The van der Waals surface area contributed by atoms with Crippen LogP contribution >= 0.6 is 0 Å². The largest absolute Gasteiger partial charge is 0.312 e. The number of alkyl halides is 2. The van der Waals surface area contributed by atoms with Crippen molar-refractivity contribution in [2.45, 2.75) is 45.1 Å². The standard InChI is InChI=1S/C18H26F2N4O/c1-12-9-23(6-5-21-12)10-15(25)24-11-17(2,3)16-14(24)7-13(8-22-16)18(4,19)20/h7-8,12,21H,5-6,9-11H2,1-4H3/t12-/m1/s1. The minimum absolute atomic E-state index is 0.0562. The number of pyridine rings is 1. The van der Waals surface area contributed by atoms with E-state index in [0.29, 0.717) is 30.5 Å². The SMILES string of the molecule is C[C@@H]1CN(CC(=O)N2CC(C)(C)c3ncc(C(C)(F)F)cc32)CCN1. The van der Waals surface area contributed by atoms with E-state index >= 15 is 0 Å². The lowest BCUT2D eigenvalue weighted by molar-refractivity contribution is -0.120. The molecule has 0 aromatic carbocycles. The minimum Gasteiger partial charge on any atom is -0.312 e. The third-order valence-corrected chi connectivity index (χ3v) is 4.97. The maximum atomic E-state index is 13.7. The van der Waals surface area contributed by atoms with E-state index in [-0.39, 0.29) is 16.9 Å². The van der Waals surface area contributed by atoms with Crippen molar-refractivity contribution in [2.24, 2.45) is 0 Å². The van der Waals surface area contributed by atoms with Crippen molar-refractivity contribution in [1.29, 1.82) is 0 Å². The van der Waals surface area contributed by atoms with Crippen LogP contribution in [0.2, 0.25) is 0 Å². The predicted molar refractivity (Wildman–Crippen MR) is 93.1 cm³/mol. The van der Waals surface area contributed by atoms with Crippen molar-refractivity contribution >= 4 is 11.6 Å². The highest BCUT2D eigenvalue weighted by atomic mass is 19.3. The Morgan fingerprint density at radius 3 is 2.84 bits per heavy atom. The number of carbonyl (C=O) groups is 1. The number of amides is 1. The zero-order chi connectivity index (χ0) is 18.4. The number of anilines is 1. The molecule has 3 rings (SSSR count). The zero-order valence-corrected chi connectivity index (χ0v) is 15.3. The van der Waals surface area contributed by atoms with Crippen LogP contribution in [0, 0.1) is 0 Å². The molecule has 1 amide bonds. The molecule has 1 fully saturated rings. The third-order valence-electron chi connectivity index (χ3n) is 4.97. The average Bonchev–Trinajstić information content (AvgIpc) is 2.78. The lowest BCUT2D eigenvalue weighted by Gasteiger charge is -2.32. The van der Waals surface area contributed by atoms with Crippen molar-refractivity contribution in [2.75, 3.05) is 37.6 Å². The molecule has 3 heterocycles. The molecule has 1 aromatic heterocycles. The third kappa shape index (κ3) is 3.67. The number of nitrogens with zero attached hydrogens (tertiary/aromatic N) is 3. The summed E-state index contributed by atoms with van der Waals surface area (Å²) < 4.78 is 27.4. The van der Waals surface area contributed by atoms with Gasteiger partial charge in [0.2, 0.25) is 5.91 Å². The fraction of sp³-hybridized carbons (Fsp3) is 0.667. The molecule has 5 nitrogen and oxygen atoms in total. The van der Waals surface area contributed by atoms with Gasteiger partial charge in [0.1, 0.15) is 0 Å². The lowest BCUT2D eigenvalue weighted by atomic mass is 9.91. The first kappa shape index (κ1) is 18.2. The summed E-state index contributed by atoms with van der Waals surface area (Å²) >= 11 is 0. The number of carbonyl (C=O) groups excluding carboxylic acids is 1. The van der Waals surface area contributed by atoms with Crippen LogP contribution in [0.25, 0.3) is 0 Å². The highest BCUT2D eigenvalue weighted by Gasteiger charge is 2.41. The van der Waals surface area contributed by atoms with Gasteiger partial charge in [0.15, 0.2) is 0 Å². The fourth-order valence-electron chi connectivity index (χ4n) is 3.63. The minimum atomic E-state index is -2.97. The van der Waals surface area contributed by atoms with E-state index in [1.54, 1.807) is 4.90 Å². The molecule has 2 aliphatic heterocycles. The van der Waals surface area contributed by atoms with E-state index in [1.165, 1.54) is 12.3 Å². The summed E-state index contributed by atoms with van der Waals surface area (Å²) in [4.78, 5) is 20.9. The zero-order valence-electron chi connectivity index (χ0n) is 15.3. The first-order valence-corrected chi connectivity index (χ1v) is 8.73. The second-order valence-electron chi connectivity index (χ2n) is 7.93.